The van der Waals surface area contributed by atoms with Crippen molar-refractivity contribution in [3.05, 3.63) is 23.7 Å². The molecule has 0 aliphatic heterocycles. The quantitative estimate of drug-likeness (QED) is 0.798. The molecule has 0 aliphatic rings. The van der Waals surface area contributed by atoms with Crippen LogP contribution in [-0.2, 0) is 6.54 Å². The van der Waals surface area contributed by atoms with Gasteiger partial charge in [-0.3, -0.25) is 0 Å². The SMILES string of the molecule is Cc1ccc2nc(C(C)Cl)n(CCN(C)C)c2n1. The van der Waals surface area contributed by atoms with Gasteiger partial charge in [0.25, 0.3) is 0 Å². The number of likely N-dealkylation sites (N-methyl/N-ethyl adjacent to an activating group) is 1. The molecule has 0 bridgehead atoms. The van der Waals surface area contributed by atoms with Gasteiger partial charge in [0.2, 0.25) is 0 Å². The molecule has 1 unspecified atom stereocenters. The number of hydrogen-bond donors (Lipinski definition) is 0. The molecule has 0 spiro atoms. The van der Waals surface area contributed by atoms with Crippen LogP contribution in [0.5, 0.6) is 0 Å². The summed E-state index contributed by atoms with van der Waals surface area (Å²) in [4.78, 5) is 11.3. The molecule has 18 heavy (non-hydrogen) atoms. The monoisotopic (exact) mass is 266 g/mol. The van der Waals surface area contributed by atoms with Crippen LogP contribution in [0.25, 0.3) is 11.2 Å². The summed E-state index contributed by atoms with van der Waals surface area (Å²) in [5, 5.41) is -0.110. The van der Waals surface area contributed by atoms with E-state index < -0.39 is 0 Å². The van der Waals surface area contributed by atoms with Crippen LogP contribution in [0.3, 0.4) is 0 Å². The van der Waals surface area contributed by atoms with Gasteiger partial charge in [0.15, 0.2) is 5.65 Å². The van der Waals surface area contributed by atoms with Crippen molar-refractivity contribution in [2.45, 2.75) is 25.8 Å². The summed E-state index contributed by atoms with van der Waals surface area (Å²) in [6.45, 7) is 5.73. The minimum absolute atomic E-state index is 0.110. The van der Waals surface area contributed by atoms with Gasteiger partial charge in [0, 0.05) is 18.8 Å². The fourth-order valence-electron chi connectivity index (χ4n) is 1.94. The molecule has 1 atom stereocenters. The highest BCUT2D eigenvalue weighted by Crippen LogP contribution is 2.23. The third-order valence-electron chi connectivity index (χ3n) is 2.89. The van der Waals surface area contributed by atoms with Crippen LogP contribution in [0.4, 0.5) is 0 Å². The molecule has 2 heterocycles. The average Bonchev–Trinajstić information content (AvgIpc) is 2.64. The molecule has 0 aliphatic carbocycles. The molecule has 2 aromatic heterocycles. The van der Waals surface area contributed by atoms with Crippen LogP contribution < -0.4 is 0 Å². The lowest BCUT2D eigenvalue weighted by Crippen LogP contribution is -2.20. The van der Waals surface area contributed by atoms with Crippen molar-refractivity contribution in [1.82, 2.24) is 19.4 Å². The lowest BCUT2D eigenvalue weighted by atomic mass is 10.3. The van der Waals surface area contributed by atoms with Crippen LogP contribution in [0.2, 0.25) is 0 Å². The molecule has 0 saturated carbocycles. The lowest BCUT2D eigenvalue weighted by molar-refractivity contribution is 0.383. The molecular formula is C13H19ClN4. The number of hydrogen-bond acceptors (Lipinski definition) is 3. The topological polar surface area (TPSA) is 34.0 Å². The van der Waals surface area contributed by atoms with Crippen molar-refractivity contribution in [2.24, 2.45) is 0 Å². The standard InChI is InChI=1S/C13H19ClN4/c1-9-5-6-11-13(15-9)18(8-7-17(3)4)12(16-11)10(2)14/h5-6,10H,7-8H2,1-4H3. The maximum atomic E-state index is 6.21. The molecule has 0 radical (unpaired) electrons. The molecule has 0 fully saturated rings. The number of halogens is 1. The molecule has 0 saturated heterocycles. The molecule has 0 N–H and O–H groups in total. The maximum absolute atomic E-state index is 6.21. The zero-order valence-corrected chi connectivity index (χ0v) is 12.1. The Morgan fingerprint density at radius 2 is 2.06 bits per heavy atom. The van der Waals surface area contributed by atoms with Crippen molar-refractivity contribution < 1.29 is 0 Å². The van der Waals surface area contributed by atoms with E-state index in [1.807, 2.05) is 26.0 Å². The van der Waals surface area contributed by atoms with E-state index in [0.717, 1.165) is 35.8 Å². The second-order valence-electron chi connectivity index (χ2n) is 4.84. The van der Waals surface area contributed by atoms with Gasteiger partial charge < -0.3 is 9.47 Å². The fraction of sp³-hybridized carbons (Fsp3) is 0.538. The van der Waals surface area contributed by atoms with Crippen LogP contribution >= 0.6 is 11.6 Å². The second-order valence-corrected chi connectivity index (χ2v) is 5.49. The largest absolute Gasteiger partial charge is 0.310 e. The smallest absolute Gasteiger partial charge is 0.160 e. The Kier molecular flexibility index (Phi) is 3.88. The zero-order chi connectivity index (χ0) is 13.3. The van der Waals surface area contributed by atoms with E-state index in [9.17, 15) is 0 Å². The molecule has 2 aromatic rings. The van der Waals surface area contributed by atoms with Crippen LogP contribution in [0.15, 0.2) is 12.1 Å². The highest BCUT2D eigenvalue weighted by Gasteiger charge is 2.15. The number of alkyl halides is 1. The minimum atomic E-state index is -0.110. The van der Waals surface area contributed by atoms with Gasteiger partial charge in [0.05, 0.1) is 5.38 Å². The average molecular weight is 267 g/mol. The number of nitrogens with zero attached hydrogens (tertiary/aromatic N) is 4. The predicted molar refractivity (Wildman–Crippen MR) is 75.1 cm³/mol. The number of aryl methyl sites for hydroxylation is 1. The highest BCUT2D eigenvalue weighted by molar-refractivity contribution is 6.20. The third-order valence-corrected chi connectivity index (χ3v) is 3.08. The Morgan fingerprint density at radius 3 is 2.67 bits per heavy atom. The van der Waals surface area contributed by atoms with E-state index in [0.29, 0.717) is 0 Å². The third kappa shape index (κ3) is 2.65. The van der Waals surface area contributed by atoms with Gasteiger partial charge in [0.1, 0.15) is 11.3 Å². The first-order valence-electron chi connectivity index (χ1n) is 6.11. The summed E-state index contributed by atoms with van der Waals surface area (Å²) in [6.07, 6.45) is 0. The molecular weight excluding hydrogens is 248 g/mol. The van der Waals surface area contributed by atoms with E-state index in [2.05, 4.69) is 33.5 Å². The normalized spacial score (nSPS) is 13.4. The summed E-state index contributed by atoms with van der Waals surface area (Å²) in [5.74, 6) is 0.895. The van der Waals surface area contributed by atoms with E-state index in [1.54, 1.807) is 0 Å². The first kappa shape index (κ1) is 13.3. The summed E-state index contributed by atoms with van der Waals surface area (Å²) >= 11 is 6.21. The van der Waals surface area contributed by atoms with Gasteiger partial charge in [-0.15, -0.1) is 11.6 Å². The minimum Gasteiger partial charge on any atom is -0.310 e. The second kappa shape index (κ2) is 5.24. The summed E-state index contributed by atoms with van der Waals surface area (Å²) in [6, 6.07) is 3.99. The molecule has 4 nitrogen and oxygen atoms in total. The van der Waals surface area contributed by atoms with E-state index in [4.69, 9.17) is 11.6 Å². The highest BCUT2D eigenvalue weighted by atomic mass is 35.5. The van der Waals surface area contributed by atoms with Gasteiger partial charge in [-0.2, -0.15) is 0 Å². The Hall–Kier alpha value is -1.13. The number of aromatic nitrogens is 3. The lowest BCUT2D eigenvalue weighted by Gasteiger charge is -2.13. The first-order chi connectivity index (χ1) is 8.49. The number of fused-ring (bicyclic) bond motifs is 1. The number of pyridine rings is 1. The van der Waals surface area contributed by atoms with Gasteiger partial charge >= 0.3 is 0 Å². The van der Waals surface area contributed by atoms with Gasteiger partial charge in [-0.05, 0) is 40.1 Å². The summed E-state index contributed by atoms with van der Waals surface area (Å²) in [5.41, 5.74) is 2.85. The van der Waals surface area contributed by atoms with Crippen molar-refractivity contribution in [1.29, 1.82) is 0 Å². The molecule has 0 amide bonds. The summed E-state index contributed by atoms with van der Waals surface area (Å²) < 4.78 is 2.12. The molecule has 98 valence electrons. The fourth-order valence-corrected chi connectivity index (χ4v) is 2.10. The van der Waals surface area contributed by atoms with Gasteiger partial charge in [-0.25, -0.2) is 9.97 Å². The Bertz CT molecular complexity index is 545. The van der Waals surface area contributed by atoms with E-state index in [-0.39, 0.29) is 5.38 Å². The Labute approximate surface area is 113 Å². The predicted octanol–water partition coefficient (Wildman–Crippen LogP) is 2.60. The van der Waals surface area contributed by atoms with Crippen LogP contribution in [-0.4, -0.2) is 40.1 Å². The van der Waals surface area contributed by atoms with E-state index >= 15 is 0 Å². The molecule has 5 heteroatoms. The van der Waals surface area contributed by atoms with Crippen molar-refractivity contribution in [3.63, 3.8) is 0 Å². The number of rotatable bonds is 4. The van der Waals surface area contributed by atoms with Gasteiger partial charge in [-0.1, -0.05) is 0 Å². The first-order valence-corrected chi connectivity index (χ1v) is 6.55. The maximum Gasteiger partial charge on any atom is 0.160 e. The summed E-state index contributed by atoms with van der Waals surface area (Å²) in [7, 11) is 4.11. The Balaban J connectivity index is 2.50. The number of imidazole rings is 1. The van der Waals surface area contributed by atoms with Crippen molar-refractivity contribution in [3.8, 4) is 0 Å². The van der Waals surface area contributed by atoms with Crippen molar-refractivity contribution >= 4 is 22.8 Å². The molecule has 0 aromatic carbocycles. The van der Waals surface area contributed by atoms with Crippen molar-refractivity contribution in [2.75, 3.05) is 20.6 Å². The van der Waals surface area contributed by atoms with Crippen LogP contribution in [0, 0.1) is 6.92 Å². The zero-order valence-electron chi connectivity index (χ0n) is 11.3. The van der Waals surface area contributed by atoms with Crippen LogP contribution in [0.1, 0.15) is 23.8 Å². The molecule has 2 rings (SSSR count). The Morgan fingerprint density at radius 1 is 1.33 bits per heavy atom. The van der Waals surface area contributed by atoms with E-state index in [1.165, 1.54) is 0 Å².